The van der Waals surface area contributed by atoms with Crippen molar-refractivity contribution in [3.63, 3.8) is 0 Å². The molecule has 2 aliphatic heterocycles. The molecule has 0 aromatic heterocycles. The number of carbonyl (C=O) groups is 1. The molecule has 0 bridgehead atoms. The third-order valence-electron chi connectivity index (χ3n) is 4.62. The Morgan fingerprint density at radius 1 is 1.19 bits per heavy atom. The van der Waals surface area contributed by atoms with Crippen LogP contribution in [0.1, 0.15) is 30.0 Å². The minimum atomic E-state index is -0.131. The summed E-state index contributed by atoms with van der Waals surface area (Å²) in [4.78, 5) is 14.2. The van der Waals surface area contributed by atoms with E-state index in [-0.39, 0.29) is 18.1 Å². The fraction of sp³-hybridized carbons (Fsp3) is 0.562. The molecule has 1 aromatic carbocycles. The van der Waals surface area contributed by atoms with Crippen LogP contribution in [0.4, 0.5) is 0 Å². The Balaban J connectivity index is 1.99. The molecule has 0 radical (unpaired) electrons. The molecule has 2 atom stereocenters. The highest BCUT2D eigenvalue weighted by Crippen LogP contribution is 2.46. The molecule has 1 saturated heterocycles. The molecule has 1 aromatic rings. The molecule has 3 rings (SSSR count). The fourth-order valence-electron chi connectivity index (χ4n) is 3.65. The number of hydrogen-bond donors (Lipinski definition) is 0. The summed E-state index contributed by atoms with van der Waals surface area (Å²) in [5.41, 5.74) is 2.47. The summed E-state index contributed by atoms with van der Waals surface area (Å²) in [6.45, 7) is 0.869. The van der Waals surface area contributed by atoms with Gasteiger partial charge in [0.05, 0.1) is 21.3 Å². The van der Waals surface area contributed by atoms with Gasteiger partial charge in [0.25, 0.3) is 0 Å². The summed E-state index contributed by atoms with van der Waals surface area (Å²) >= 11 is 0. The number of fused-ring (bicyclic) bond motifs is 3. The first-order valence-corrected chi connectivity index (χ1v) is 7.28. The zero-order chi connectivity index (χ0) is 15.0. The van der Waals surface area contributed by atoms with E-state index in [0.29, 0.717) is 0 Å². The smallest absolute Gasteiger partial charge is 0.323 e. The molecule has 2 aliphatic rings. The highest BCUT2D eigenvalue weighted by Gasteiger charge is 2.43. The minimum Gasteiger partial charge on any atom is -0.497 e. The number of hydrogen-bond acceptors (Lipinski definition) is 5. The van der Waals surface area contributed by atoms with Gasteiger partial charge in [-0.25, -0.2) is 0 Å². The lowest BCUT2D eigenvalue weighted by molar-refractivity contribution is -0.146. The average molecular weight is 291 g/mol. The molecule has 1 fully saturated rings. The second kappa shape index (κ2) is 5.56. The van der Waals surface area contributed by atoms with Crippen LogP contribution in [-0.4, -0.2) is 44.8 Å². The Kier molecular flexibility index (Phi) is 3.76. The van der Waals surface area contributed by atoms with Crippen molar-refractivity contribution in [3.8, 4) is 11.5 Å². The molecule has 2 heterocycles. The van der Waals surface area contributed by atoms with E-state index < -0.39 is 0 Å². The molecule has 0 saturated carbocycles. The van der Waals surface area contributed by atoms with Crippen LogP contribution >= 0.6 is 0 Å². The second-order valence-electron chi connectivity index (χ2n) is 5.52. The third kappa shape index (κ3) is 2.25. The number of benzene rings is 1. The normalized spacial score (nSPS) is 24.1. The van der Waals surface area contributed by atoms with E-state index in [1.54, 1.807) is 14.2 Å². The van der Waals surface area contributed by atoms with Gasteiger partial charge in [0, 0.05) is 24.2 Å². The summed E-state index contributed by atoms with van der Waals surface area (Å²) in [5, 5.41) is 0. The largest absolute Gasteiger partial charge is 0.497 e. The van der Waals surface area contributed by atoms with E-state index in [0.717, 1.165) is 37.3 Å². The van der Waals surface area contributed by atoms with E-state index in [1.165, 1.54) is 18.2 Å². The lowest BCUT2D eigenvalue weighted by atomic mass is 9.91. The van der Waals surface area contributed by atoms with Gasteiger partial charge in [0.15, 0.2) is 0 Å². The summed E-state index contributed by atoms with van der Waals surface area (Å²) in [5.74, 6) is 1.54. The van der Waals surface area contributed by atoms with Crippen LogP contribution in [0.25, 0.3) is 0 Å². The van der Waals surface area contributed by atoms with Crippen molar-refractivity contribution < 1.29 is 19.0 Å². The number of methoxy groups -OCH3 is 3. The molecule has 0 spiro atoms. The van der Waals surface area contributed by atoms with Gasteiger partial charge in [-0.15, -0.1) is 0 Å². The molecule has 114 valence electrons. The molecular weight excluding hydrogens is 270 g/mol. The maximum Gasteiger partial charge on any atom is 0.323 e. The van der Waals surface area contributed by atoms with Gasteiger partial charge < -0.3 is 14.2 Å². The molecular formula is C16H21NO4. The van der Waals surface area contributed by atoms with Crippen molar-refractivity contribution in [2.45, 2.75) is 31.3 Å². The number of rotatable bonds is 3. The van der Waals surface area contributed by atoms with Crippen LogP contribution in [0.15, 0.2) is 12.1 Å². The summed E-state index contributed by atoms with van der Waals surface area (Å²) < 4.78 is 15.8. The molecule has 0 aliphatic carbocycles. The summed E-state index contributed by atoms with van der Waals surface area (Å²) in [7, 11) is 4.80. The van der Waals surface area contributed by atoms with Crippen molar-refractivity contribution >= 4 is 5.97 Å². The summed E-state index contributed by atoms with van der Waals surface area (Å²) in [6, 6.07) is 4.12. The predicted octanol–water partition coefficient (Wildman–Crippen LogP) is 1.94. The Bertz CT molecular complexity index is 540. The predicted molar refractivity (Wildman–Crippen MR) is 77.7 cm³/mol. The molecule has 0 amide bonds. The van der Waals surface area contributed by atoms with Crippen LogP contribution in [0.2, 0.25) is 0 Å². The van der Waals surface area contributed by atoms with Crippen LogP contribution in [0, 0.1) is 0 Å². The number of carbonyl (C=O) groups excluding carboxylic acids is 1. The fourth-order valence-corrected chi connectivity index (χ4v) is 3.65. The average Bonchev–Trinajstić information content (AvgIpc) is 2.96. The first kappa shape index (κ1) is 14.2. The quantitative estimate of drug-likeness (QED) is 0.797. The standard InChI is InChI=1S/C16H21NO4/c1-19-11-8-10-6-7-17-12(15(10)14(9-11)20-2)4-5-13(17)16(18)21-3/h8-9,12-13H,4-7H2,1-3H3/t12-,13+/m0/s1. The van der Waals surface area contributed by atoms with E-state index in [1.807, 2.05) is 6.07 Å². The number of esters is 1. The second-order valence-corrected chi connectivity index (χ2v) is 5.52. The van der Waals surface area contributed by atoms with Gasteiger partial charge in [-0.2, -0.15) is 0 Å². The van der Waals surface area contributed by atoms with Crippen molar-refractivity contribution in [3.05, 3.63) is 23.3 Å². The van der Waals surface area contributed by atoms with Gasteiger partial charge in [-0.3, -0.25) is 9.69 Å². The van der Waals surface area contributed by atoms with Crippen LogP contribution < -0.4 is 9.47 Å². The number of nitrogens with zero attached hydrogens (tertiary/aromatic N) is 1. The lowest BCUT2D eigenvalue weighted by Gasteiger charge is -2.35. The van der Waals surface area contributed by atoms with Crippen LogP contribution in [0.5, 0.6) is 11.5 Å². The van der Waals surface area contributed by atoms with Gasteiger partial charge in [-0.05, 0) is 30.9 Å². The van der Waals surface area contributed by atoms with Crippen molar-refractivity contribution in [1.29, 1.82) is 0 Å². The maximum absolute atomic E-state index is 11.9. The van der Waals surface area contributed by atoms with E-state index in [9.17, 15) is 4.79 Å². The van der Waals surface area contributed by atoms with Crippen molar-refractivity contribution in [1.82, 2.24) is 4.90 Å². The van der Waals surface area contributed by atoms with Crippen LogP contribution in [-0.2, 0) is 16.0 Å². The van der Waals surface area contributed by atoms with Gasteiger partial charge in [0.2, 0.25) is 0 Å². The van der Waals surface area contributed by atoms with Gasteiger partial charge in [-0.1, -0.05) is 0 Å². The molecule has 0 unspecified atom stereocenters. The van der Waals surface area contributed by atoms with Crippen LogP contribution in [0.3, 0.4) is 0 Å². The van der Waals surface area contributed by atoms with E-state index in [4.69, 9.17) is 14.2 Å². The molecule has 21 heavy (non-hydrogen) atoms. The molecule has 5 nitrogen and oxygen atoms in total. The SMILES string of the molecule is COC(=O)[C@H]1CC[C@H]2c3c(cc(OC)cc3OC)CCN12. The highest BCUT2D eigenvalue weighted by atomic mass is 16.5. The Labute approximate surface area is 124 Å². The molecule has 0 N–H and O–H groups in total. The lowest BCUT2D eigenvalue weighted by Crippen LogP contribution is -2.41. The first-order chi connectivity index (χ1) is 10.2. The zero-order valence-electron chi connectivity index (χ0n) is 12.7. The van der Waals surface area contributed by atoms with Gasteiger partial charge in [0.1, 0.15) is 17.5 Å². The topological polar surface area (TPSA) is 48.0 Å². The number of ether oxygens (including phenoxy) is 3. The van der Waals surface area contributed by atoms with E-state index in [2.05, 4.69) is 11.0 Å². The Hall–Kier alpha value is -1.75. The monoisotopic (exact) mass is 291 g/mol. The zero-order valence-corrected chi connectivity index (χ0v) is 12.7. The third-order valence-corrected chi connectivity index (χ3v) is 4.62. The highest BCUT2D eigenvalue weighted by molar-refractivity contribution is 5.76. The summed E-state index contributed by atoms with van der Waals surface area (Å²) in [6.07, 6.45) is 2.69. The molecule has 5 heteroatoms. The Morgan fingerprint density at radius 3 is 2.67 bits per heavy atom. The van der Waals surface area contributed by atoms with E-state index >= 15 is 0 Å². The van der Waals surface area contributed by atoms with Gasteiger partial charge >= 0.3 is 5.97 Å². The minimum absolute atomic E-state index is 0.125. The van der Waals surface area contributed by atoms with Crippen molar-refractivity contribution in [2.24, 2.45) is 0 Å². The Morgan fingerprint density at radius 2 is 2.00 bits per heavy atom. The van der Waals surface area contributed by atoms with Crippen molar-refractivity contribution in [2.75, 3.05) is 27.9 Å². The maximum atomic E-state index is 11.9. The first-order valence-electron chi connectivity index (χ1n) is 7.28.